The van der Waals surface area contributed by atoms with Gasteiger partial charge in [0.15, 0.2) is 0 Å². The minimum Gasteiger partial charge on any atom is -0.399 e. The van der Waals surface area contributed by atoms with Crippen LogP contribution in [0.2, 0.25) is 0 Å². The zero-order chi connectivity index (χ0) is 9.26. The fourth-order valence-corrected chi connectivity index (χ4v) is 1.91. The number of nitrogens with two attached hydrogens (primary N) is 1. The maximum absolute atomic E-state index is 5.65. The molecular formula is C9H8IN3. The summed E-state index contributed by atoms with van der Waals surface area (Å²) in [5.41, 5.74) is 7.48. The number of benzene rings is 1. The molecule has 2 aromatic rings. The second-order valence-electron chi connectivity index (χ2n) is 2.66. The van der Waals surface area contributed by atoms with Crippen molar-refractivity contribution >= 4 is 28.3 Å². The molecule has 13 heavy (non-hydrogen) atoms. The highest BCUT2D eigenvalue weighted by atomic mass is 127. The number of nitrogen functional groups attached to an aromatic ring is 1. The highest BCUT2D eigenvalue weighted by Crippen LogP contribution is 2.18. The first-order valence-electron chi connectivity index (χ1n) is 3.82. The van der Waals surface area contributed by atoms with Crippen LogP contribution < -0.4 is 5.73 Å². The van der Waals surface area contributed by atoms with Gasteiger partial charge in [0.25, 0.3) is 0 Å². The molecule has 1 aromatic heterocycles. The third-order valence-corrected chi connectivity index (χ3v) is 2.59. The van der Waals surface area contributed by atoms with Gasteiger partial charge >= 0.3 is 0 Å². The predicted octanol–water partition coefficient (Wildman–Crippen LogP) is 2.06. The van der Waals surface area contributed by atoms with Gasteiger partial charge < -0.3 is 5.73 Å². The fourth-order valence-electron chi connectivity index (χ4n) is 1.12. The van der Waals surface area contributed by atoms with Gasteiger partial charge in [-0.25, -0.2) is 4.68 Å². The van der Waals surface area contributed by atoms with Gasteiger partial charge in [0.05, 0.1) is 5.69 Å². The molecule has 0 atom stereocenters. The molecule has 0 unspecified atom stereocenters. The molecule has 0 spiro atoms. The molecule has 0 radical (unpaired) electrons. The number of anilines is 1. The standard InChI is InChI=1S/C9H8IN3/c10-8-6-7(11)2-3-9(8)13-5-1-4-12-13/h1-6H,11H2. The molecule has 4 heteroatoms. The lowest BCUT2D eigenvalue weighted by Crippen LogP contribution is -1.98. The van der Waals surface area contributed by atoms with Crippen molar-refractivity contribution in [1.29, 1.82) is 0 Å². The van der Waals surface area contributed by atoms with Crippen LogP contribution in [0.1, 0.15) is 0 Å². The summed E-state index contributed by atoms with van der Waals surface area (Å²) in [6, 6.07) is 7.66. The van der Waals surface area contributed by atoms with Crippen molar-refractivity contribution in [3.8, 4) is 5.69 Å². The highest BCUT2D eigenvalue weighted by Gasteiger charge is 2.01. The molecule has 0 fully saturated rings. The van der Waals surface area contributed by atoms with Crippen LogP contribution in [0.15, 0.2) is 36.7 Å². The van der Waals surface area contributed by atoms with E-state index in [1.165, 1.54) is 0 Å². The molecule has 0 aliphatic rings. The first-order valence-corrected chi connectivity index (χ1v) is 4.90. The van der Waals surface area contributed by atoms with Gasteiger partial charge in [-0.15, -0.1) is 0 Å². The van der Waals surface area contributed by atoms with E-state index in [2.05, 4.69) is 27.7 Å². The normalized spacial score (nSPS) is 10.2. The molecule has 2 rings (SSSR count). The SMILES string of the molecule is Nc1ccc(-n2cccn2)c(I)c1. The van der Waals surface area contributed by atoms with Crippen LogP contribution in [0.25, 0.3) is 5.69 Å². The summed E-state index contributed by atoms with van der Waals surface area (Å²) in [4.78, 5) is 0. The largest absolute Gasteiger partial charge is 0.399 e. The summed E-state index contributed by atoms with van der Waals surface area (Å²) in [5.74, 6) is 0. The van der Waals surface area contributed by atoms with Crippen LogP contribution in [0, 0.1) is 3.57 Å². The summed E-state index contributed by atoms with van der Waals surface area (Å²) in [7, 11) is 0. The number of hydrogen-bond donors (Lipinski definition) is 1. The van der Waals surface area contributed by atoms with E-state index >= 15 is 0 Å². The zero-order valence-corrected chi connectivity index (χ0v) is 8.97. The van der Waals surface area contributed by atoms with Crippen molar-refractivity contribution in [2.45, 2.75) is 0 Å². The second kappa shape index (κ2) is 3.37. The second-order valence-corrected chi connectivity index (χ2v) is 3.82. The molecule has 66 valence electrons. The van der Waals surface area contributed by atoms with E-state index in [1.807, 2.05) is 35.1 Å². The van der Waals surface area contributed by atoms with E-state index < -0.39 is 0 Å². The van der Waals surface area contributed by atoms with Gasteiger partial charge in [-0.05, 0) is 46.9 Å². The number of halogens is 1. The number of hydrogen-bond acceptors (Lipinski definition) is 2. The van der Waals surface area contributed by atoms with E-state index in [9.17, 15) is 0 Å². The number of nitrogens with zero attached hydrogens (tertiary/aromatic N) is 2. The van der Waals surface area contributed by atoms with E-state index in [4.69, 9.17) is 5.73 Å². The van der Waals surface area contributed by atoms with Crippen molar-refractivity contribution in [2.75, 3.05) is 5.73 Å². The van der Waals surface area contributed by atoms with Gasteiger partial charge in [-0.3, -0.25) is 0 Å². The van der Waals surface area contributed by atoms with Gasteiger partial charge in [-0.2, -0.15) is 5.10 Å². The molecule has 0 bridgehead atoms. The fraction of sp³-hybridized carbons (Fsp3) is 0. The average Bonchev–Trinajstić information content (AvgIpc) is 2.56. The van der Waals surface area contributed by atoms with Crippen molar-refractivity contribution in [2.24, 2.45) is 0 Å². The Hall–Kier alpha value is -1.04. The van der Waals surface area contributed by atoms with Crippen molar-refractivity contribution in [3.05, 3.63) is 40.2 Å². The summed E-state index contributed by atoms with van der Waals surface area (Å²) in [6.07, 6.45) is 3.67. The van der Waals surface area contributed by atoms with E-state index in [-0.39, 0.29) is 0 Å². The molecule has 0 amide bonds. The Morgan fingerprint density at radius 3 is 2.85 bits per heavy atom. The van der Waals surface area contributed by atoms with Gasteiger partial charge in [0.1, 0.15) is 0 Å². The summed E-state index contributed by atoms with van der Waals surface area (Å²) in [5, 5.41) is 4.15. The Balaban J connectivity index is 2.53. The van der Waals surface area contributed by atoms with Crippen LogP contribution >= 0.6 is 22.6 Å². The Kier molecular flexibility index (Phi) is 2.22. The van der Waals surface area contributed by atoms with E-state index in [0.29, 0.717) is 0 Å². The maximum Gasteiger partial charge on any atom is 0.0780 e. The molecule has 0 aliphatic carbocycles. The average molecular weight is 285 g/mol. The third-order valence-electron chi connectivity index (χ3n) is 1.72. The Labute approximate surface area is 89.7 Å². The minimum absolute atomic E-state index is 0.778. The smallest absolute Gasteiger partial charge is 0.0780 e. The van der Waals surface area contributed by atoms with Crippen molar-refractivity contribution < 1.29 is 0 Å². The van der Waals surface area contributed by atoms with Gasteiger partial charge in [0.2, 0.25) is 0 Å². The summed E-state index contributed by atoms with van der Waals surface area (Å²) < 4.78 is 2.92. The lowest BCUT2D eigenvalue weighted by Gasteiger charge is -2.04. The van der Waals surface area contributed by atoms with Crippen molar-refractivity contribution in [3.63, 3.8) is 0 Å². The number of rotatable bonds is 1. The third kappa shape index (κ3) is 1.67. The summed E-state index contributed by atoms with van der Waals surface area (Å²) in [6.45, 7) is 0. The van der Waals surface area contributed by atoms with E-state index in [0.717, 1.165) is 14.9 Å². The molecule has 0 aliphatic heterocycles. The van der Waals surface area contributed by atoms with E-state index in [1.54, 1.807) is 6.20 Å². The molecular weight excluding hydrogens is 277 g/mol. The first kappa shape index (κ1) is 8.55. The van der Waals surface area contributed by atoms with Crippen molar-refractivity contribution in [1.82, 2.24) is 9.78 Å². The molecule has 0 saturated carbocycles. The molecule has 3 nitrogen and oxygen atoms in total. The summed E-state index contributed by atoms with van der Waals surface area (Å²) >= 11 is 2.25. The van der Waals surface area contributed by atoms with Crippen LogP contribution in [0.5, 0.6) is 0 Å². The Bertz CT molecular complexity index is 409. The quantitative estimate of drug-likeness (QED) is 0.644. The Morgan fingerprint density at radius 1 is 1.38 bits per heavy atom. The molecule has 2 N–H and O–H groups in total. The lowest BCUT2D eigenvalue weighted by atomic mass is 10.3. The first-order chi connectivity index (χ1) is 6.27. The highest BCUT2D eigenvalue weighted by molar-refractivity contribution is 14.1. The molecule has 0 saturated heterocycles. The Morgan fingerprint density at radius 2 is 2.23 bits per heavy atom. The van der Waals surface area contributed by atoms with Crippen LogP contribution in [-0.4, -0.2) is 9.78 Å². The van der Waals surface area contributed by atoms with Crippen LogP contribution in [0.3, 0.4) is 0 Å². The lowest BCUT2D eigenvalue weighted by molar-refractivity contribution is 0.876. The molecule has 1 heterocycles. The monoisotopic (exact) mass is 285 g/mol. The minimum atomic E-state index is 0.778. The molecule has 1 aromatic carbocycles. The van der Waals surface area contributed by atoms with Gasteiger partial charge in [0, 0.05) is 21.7 Å². The maximum atomic E-state index is 5.65. The predicted molar refractivity (Wildman–Crippen MR) is 60.7 cm³/mol. The van der Waals surface area contributed by atoms with Crippen LogP contribution in [-0.2, 0) is 0 Å². The topological polar surface area (TPSA) is 43.8 Å². The number of aromatic nitrogens is 2. The van der Waals surface area contributed by atoms with Gasteiger partial charge in [-0.1, -0.05) is 0 Å². The van der Waals surface area contributed by atoms with Crippen LogP contribution in [0.4, 0.5) is 5.69 Å². The zero-order valence-electron chi connectivity index (χ0n) is 6.81.